The number of aromatic nitrogens is 1. The number of pyridine rings is 1. The molecular weight excluding hydrogens is 303 g/mol. The lowest BCUT2D eigenvalue weighted by atomic mass is 10.2. The van der Waals surface area contributed by atoms with Crippen molar-refractivity contribution in [2.24, 2.45) is 5.73 Å². The minimum absolute atomic E-state index is 0.0392. The van der Waals surface area contributed by atoms with Gasteiger partial charge in [-0.3, -0.25) is 4.79 Å². The van der Waals surface area contributed by atoms with Crippen molar-refractivity contribution in [3.05, 3.63) is 52.4 Å². The Labute approximate surface area is 111 Å². The van der Waals surface area contributed by atoms with Gasteiger partial charge in [0.25, 0.3) is 5.91 Å². The zero-order valence-electron chi connectivity index (χ0n) is 9.06. The van der Waals surface area contributed by atoms with Gasteiger partial charge < -0.3 is 10.5 Å². The molecule has 2 rings (SSSR count). The van der Waals surface area contributed by atoms with E-state index in [9.17, 15) is 9.18 Å². The predicted octanol–water partition coefficient (Wildman–Crippen LogP) is 2.87. The quantitative estimate of drug-likeness (QED) is 0.948. The fraction of sp³-hybridized carbons (Fsp3) is 0. The molecule has 1 aromatic carbocycles. The average Bonchev–Trinajstić information content (AvgIpc) is 2.32. The van der Waals surface area contributed by atoms with E-state index in [1.807, 2.05) is 0 Å². The first-order valence-electron chi connectivity index (χ1n) is 4.95. The van der Waals surface area contributed by atoms with Crippen LogP contribution in [0.5, 0.6) is 11.6 Å². The van der Waals surface area contributed by atoms with Crippen LogP contribution in [0.25, 0.3) is 0 Å². The van der Waals surface area contributed by atoms with Crippen LogP contribution in [-0.4, -0.2) is 10.9 Å². The molecule has 2 aromatic rings. The molecule has 18 heavy (non-hydrogen) atoms. The third-order valence-electron chi connectivity index (χ3n) is 2.14. The van der Waals surface area contributed by atoms with E-state index in [-0.39, 0.29) is 17.2 Å². The Morgan fingerprint density at radius 2 is 2.11 bits per heavy atom. The van der Waals surface area contributed by atoms with Crippen LogP contribution >= 0.6 is 15.9 Å². The topological polar surface area (TPSA) is 65.2 Å². The van der Waals surface area contributed by atoms with Gasteiger partial charge in [-0.1, -0.05) is 6.07 Å². The molecule has 1 aromatic heterocycles. The van der Waals surface area contributed by atoms with Crippen LogP contribution in [0.15, 0.2) is 41.0 Å². The molecule has 2 N–H and O–H groups in total. The molecule has 92 valence electrons. The lowest BCUT2D eigenvalue weighted by Gasteiger charge is -2.08. The number of hydrogen-bond acceptors (Lipinski definition) is 3. The number of hydrogen-bond donors (Lipinski definition) is 1. The van der Waals surface area contributed by atoms with E-state index in [1.54, 1.807) is 12.1 Å². The molecule has 0 unspecified atom stereocenters. The standard InChI is InChI=1S/C12H8BrFN2O2/c13-7-4-5-10(16-6-7)18-9-3-1-2-8(14)11(9)12(15)17/h1-6H,(H2,15,17). The van der Waals surface area contributed by atoms with Gasteiger partial charge in [0.15, 0.2) is 0 Å². The molecule has 0 aliphatic rings. The van der Waals surface area contributed by atoms with E-state index >= 15 is 0 Å². The van der Waals surface area contributed by atoms with Crippen molar-refractivity contribution in [3.8, 4) is 11.6 Å². The van der Waals surface area contributed by atoms with Crippen LogP contribution in [0.4, 0.5) is 4.39 Å². The summed E-state index contributed by atoms with van der Waals surface area (Å²) in [6.45, 7) is 0. The van der Waals surface area contributed by atoms with Gasteiger partial charge in [0.1, 0.15) is 17.1 Å². The SMILES string of the molecule is NC(=O)c1c(F)cccc1Oc1ccc(Br)cn1. The van der Waals surface area contributed by atoms with Crippen molar-refractivity contribution in [2.45, 2.75) is 0 Å². The van der Waals surface area contributed by atoms with E-state index in [0.717, 1.165) is 10.5 Å². The van der Waals surface area contributed by atoms with Crippen molar-refractivity contribution in [2.75, 3.05) is 0 Å². The number of halogens is 2. The van der Waals surface area contributed by atoms with Gasteiger partial charge in [0.05, 0.1) is 0 Å². The second-order valence-electron chi connectivity index (χ2n) is 3.39. The first-order valence-corrected chi connectivity index (χ1v) is 5.75. The summed E-state index contributed by atoms with van der Waals surface area (Å²) in [5.74, 6) is -1.33. The molecule has 0 fully saturated rings. The zero-order valence-corrected chi connectivity index (χ0v) is 10.6. The Bertz CT molecular complexity index is 587. The number of carbonyl (C=O) groups is 1. The first-order chi connectivity index (χ1) is 8.58. The fourth-order valence-corrected chi connectivity index (χ4v) is 1.60. The Morgan fingerprint density at radius 1 is 1.33 bits per heavy atom. The minimum atomic E-state index is -0.889. The van der Waals surface area contributed by atoms with Crippen LogP contribution in [0.3, 0.4) is 0 Å². The Kier molecular flexibility index (Phi) is 3.57. The van der Waals surface area contributed by atoms with Crippen molar-refractivity contribution in [1.29, 1.82) is 0 Å². The van der Waals surface area contributed by atoms with E-state index in [2.05, 4.69) is 20.9 Å². The molecule has 0 aliphatic heterocycles. The van der Waals surface area contributed by atoms with Gasteiger partial charge in [-0.15, -0.1) is 0 Å². The summed E-state index contributed by atoms with van der Waals surface area (Å²) in [6, 6.07) is 7.32. The fourth-order valence-electron chi connectivity index (χ4n) is 1.36. The van der Waals surface area contributed by atoms with E-state index < -0.39 is 11.7 Å². The summed E-state index contributed by atoms with van der Waals surface area (Å²) < 4.78 is 19.6. The highest BCUT2D eigenvalue weighted by Crippen LogP contribution is 2.26. The number of nitrogens with two attached hydrogens (primary N) is 1. The number of primary amides is 1. The Balaban J connectivity index is 2.37. The highest BCUT2D eigenvalue weighted by Gasteiger charge is 2.15. The third-order valence-corrected chi connectivity index (χ3v) is 2.61. The maximum Gasteiger partial charge on any atom is 0.255 e. The maximum absolute atomic E-state index is 13.5. The van der Waals surface area contributed by atoms with Gasteiger partial charge in [0.2, 0.25) is 5.88 Å². The van der Waals surface area contributed by atoms with E-state index in [1.165, 1.54) is 18.3 Å². The molecule has 1 amide bonds. The summed E-state index contributed by atoms with van der Waals surface area (Å²) in [6.07, 6.45) is 1.53. The number of carbonyl (C=O) groups excluding carboxylic acids is 1. The first kappa shape index (κ1) is 12.5. The molecule has 0 atom stereocenters. The molecule has 0 aliphatic carbocycles. The number of rotatable bonds is 3. The number of amides is 1. The lowest BCUT2D eigenvalue weighted by molar-refractivity contribution is 0.0994. The largest absolute Gasteiger partial charge is 0.438 e. The molecule has 6 heteroatoms. The summed E-state index contributed by atoms with van der Waals surface area (Å²) in [4.78, 5) is 15.1. The van der Waals surface area contributed by atoms with Crippen LogP contribution in [0.1, 0.15) is 10.4 Å². The van der Waals surface area contributed by atoms with Crippen molar-refractivity contribution in [1.82, 2.24) is 4.98 Å². The van der Waals surface area contributed by atoms with Crippen LogP contribution in [-0.2, 0) is 0 Å². The minimum Gasteiger partial charge on any atom is -0.438 e. The summed E-state index contributed by atoms with van der Waals surface area (Å²) in [5.41, 5.74) is 4.82. The van der Waals surface area contributed by atoms with E-state index in [0.29, 0.717) is 0 Å². The van der Waals surface area contributed by atoms with Crippen molar-refractivity contribution in [3.63, 3.8) is 0 Å². The predicted molar refractivity (Wildman–Crippen MR) is 66.9 cm³/mol. The molecule has 0 saturated heterocycles. The molecule has 1 heterocycles. The number of benzene rings is 1. The third kappa shape index (κ3) is 2.65. The monoisotopic (exact) mass is 310 g/mol. The molecule has 4 nitrogen and oxygen atoms in total. The maximum atomic E-state index is 13.5. The zero-order chi connectivity index (χ0) is 13.1. The normalized spacial score (nSPS) is 10.1. The van der Waals surface area contributed by atoms with Gasteiger partial charge in [-0.05, 0) is 34.1 Å². The van der Waals surface area contributed by atoms with Gasteiger partial charge in [-0.25, -0.2) is 9.37 Å². The molecular formula is C12H8BrFN2O2. The molecule has 0 radical (unpaired) electrons. The van der Waals surface area contributed by atoms with Crippen molar-refractivity contribution < 1.29 is 13.9 Å². The Morgan fingerprint density at radius 3 is 2.72 bits per heavy atom. The van der Waals surface area contributed by atoms with Crippen molar-refractivity contribution >= 4 is 21.8 Å². The number of ether oxygens (including phenoxy) is 1. The lowest BCUT2D eigenvalue weighted by Crippen LogP contribution is -2.14. The summed E-state index contributed by atoms with van der Waals surface area (Å²) in [7, 11) is 0. The van der Waals surface area contributed by atoms with Crippen LogP contribution in [0, 0.1) is 5.82 Å². The Hall–Kier alpha value is -1.95. The molecule has 0 bridgehead atoms. The molecule has 0 saturated carbocycles. The summed E-state index contributed by atoms with van der Waals surface area (Å²) in [5, 5.41) is 0. The second-order valence-corrected chi connectivity index (χ2v) is 4.31. The highest BCUT2D eigenvalue weighted by atomic mass is 79.9. The van der Waals surface area contributed by atoms with Gasteiger partial charge >= 0.3 is 0 Å². The summed E-state index contributed by atoms with van der Waals surface area (Å²) >= 11 is 3.23. The second kappa shape index (κ2) is 5.14. The molecule has 0 spiro atoms. The van der Waals surface area contributed by atoms with Gasteiger partial charge in [0, 0.05) is 16.7 Å². The van der Waals surface area contributed by atoms with Gasteiger partial charge in [-0.2, -0.15) is 0 Å². The smallest absolute Gasteiger partial charge is 0.255 e. The number of nitrogens with zero attached hydrogens (tertiary/aromatic N) is 1. The average molecular weight is 311 g/mol. The highest BCUT2D eigenvalue weighted by molar-refractivity contribution is 9.10. The van der Waals surface area contributed by atoms with Crippen LogP contribution in [0.2, 0.25) is 0 Å². The van der Waals surface area contributed by atoms with E-state index in [4.69, 9.17) is 10.5 Å². The van der Waals surface area contributed by atoms with Crippen LogP contribution < -0.4 is 10.5 Å².